The van der Waals surface area contributed by atoms with Gasteiger partial charge in [0.2, 0.25) is 0 Å². The second-order valence-electron chi connectivity index (χ2n) is 28.8. The van der Waals surface area contributed by atoms with Gasteiger partial charge in [-0.25, -0.2) is 4.79 Å². The minimum Gasteiger partial charge on any atom is -0.458 e. The average Bonchev–Trinajstić information content (AvgIpc) is 1.59. The van der Waals surface area contributed by atoms with Gasteiger partial charge >= 0.3 is 5.97 Å². The molecule has 3 saturated carbocycles. The van der Waals surface area contributed by atoms with Crippen molar-refractivity contribution < 1.29 is 136 Å². The van der Waals surface area contributed by atoms with Crippen LogP contribution in [0.2, 0.25) is 0 Å². The van der Waals surface area contributed by atoms with E-state index in [1.54, 1.807) is 62.0 Å². The van der Waals surface area contributed by atoms with E-state index < -0.39 is 218 Å². The monoisotopic (exact) mass is 1360 g/mol. The molecule has 28 nitrogen and oxygen atoms in total. The molecule has 546 valence electrons. The van der Waals surface area contributed by atoms with E-state index in [1.807, 2.05) is 26.8 Å². The Kier molecular flexibility index (Phi) is 23.9. The molecule has 10 aliphatic rings. The highest BCUT2D eigenvalue weighted by atomic mass is 16.8. The van der Waals surface area contributed by atoms with Crippen molar-refractivity contribution in [1.82, 2.24) is 0 Å². The Balaban J connectivity index is 0.705. The lowest BCUT2D eigenvalue weighted by molar-refractivity contribution is -0.372. The van der Waals surface area contributed by atoms with Crippen LogP contribution in [0.15, 0.2) is 23.3 Å². The molecular formula is C67H110O28. The van der Waals surface area contributed by atoms with Gasteiger partial charge in [0.25, 0.3) is 0 Å². The van der Waals surface area contributed by atoms with E-state index in [1.165, 1.54) is 21.1 Å². The highest BCUT2D eigenvalue weighted by Crippen LogP contribution is 2.71. The summed E-state index contributed by atoms with van der Waals surface area (Å²) in [6.07, 6.45) is -18.7. The third kappa shape index (κ3) is 13.8. The maximum atomic E-state index is 13.5. The second-order valence-corrected chi connectivity index (χ2v) is 28.8. The molecule has 6 heterocycles. The Morgan fingerprint density at radius 3 is 1.52 bits per heavy atom. The molecule has 6 saturated heterocycles. The van der Waals surface area contributed by atoms with Crippen molar-refractivity contribution in [3.8, 4) is 0 Å². The van der Waals surface area contributed by atoms with Gasteiger partial charge in [-0.1, -0.05) is 31.6 Å². The number of carbonyl (C=O) groups is 1. The summed E-state index contributed by atoms with van der Waals surface area (Å²) in [7, 11) is 7.71. The quantitative estimate of drug-likeness (QED) is 0.0448. The summed E-state index contributed by atoms with van der Waals surface area (Å²) < 4.78 is 113. The molecule has 9 fully saturated rings. The molecule has 0 aromatic carbocycles. The van der Waals surface area contributed by atoms with Crippen molar-refractivity contribution in [1.29, 1.82) is 0 Å². The van der Waals surface area contributed by atoms with Crippen LogP contribution >= 0.6 is 0 Å². The molecule has 35 atom stereocenters. The highest BCUT2D eigenvalue weighted by molar-refractivity contribution is 5.87. The van der Waals surface area contributed by atoms with Crippen LogP contribution in [0.5, 0.6) is 0 Å². The molecular weight excluding hydrogens is 1250 g/mol. The number of esters is 1. The number of fused-ring (bicyclic) bond motifs is 5. The fourth-order valence-corrected chi connectivity index (χ4v) is 17.8. The van der Waals surface area contributed by atoms with Crippen molar-refractivity contribution in [3.05, 3.63) is 23.3 Å². The van der Waals surface area contributed by atoms with Crippen LogP contribution < -0.4 is 0 Å². The van der Waals surface area contributed by atoms with Crippen LogP contribution in [0.3, 0.4) is 0 Å². The summed E-state index contributed by atoms with van der Waals surface area (Å²) in [4.78, 5) is 13.5. The van der Waals surface area contributed by atoms with Crippen LogP contribution in [0.4, 0.5) is 0 Å². The lowest BCUT2D eigenvalue weighted by atomic mass is 9.42. The molecule has 0 aromatic heterocycles. The lowest BCUT2D eigenvalue weighted by Gasteiger charge is -2.67. The van der Waals surface area contributed by atoms with E-state index in [9.17, 15) is 50.8 Å². The summed E-state index contributed by atoms with van der Waals surface area (Å²) in [5.74, 6) is -1.14. The first-order valence-electron chi connectivity index (χ1n) is 34.1. The van der Waals surface area contributed by atoms with Crippen molar-refractivity contribution in [3.63, 3.8) is 0 Å². The molecule has 0 unspecified atom stereocenters. The van der Waals surface area contributed by atoms with Crippen molar-refractivity contribution >= 4 is 5.97 Å². The smallest absolute Gasteiger partial charge is 0.333 e. The van der Waals surface area contributed by atoms with E-state index in [4.69, 9.17) is 85.3 Å². The van der Waals surface area contributed by atoms with E-state index in [-0.39, 0.29) is 44.6 Å². The number of allylic oxidation sites excluding steroid dienone is 1. The van der Waals surface area contributed by atoms with Crippen LogP contribution in [0.1, 0.15) is 140 Å². The number of carbonyl (C=O) groups excluding carboxylic acids is 1. The third-order valence-corrected chi connectivity index (χ3v) is 23.7. The van der Waals surface area contributed by atoms with Gasteiger partial charge in [0.15, 0.2) is 37.7 Å². The van der Waals surface area contributed by atoms with E-state index >= 15 is 0 Å². The van der Waals surface area contributed by atoms with Crippen LogP contribution in [0.25, 0.3) is 0 Å². The topological polar surface area (TPSA) is 365 Å². The molecule has 0 aromatic rings. The Morgan fingerprint density at radius 1 is 0.589 bits per heavy atom. The molecule has 0 spiro atoms. The first-order chi connectivity index (χ1) is 44.9. The van der Waals surface area contributed by atoms with Gasteiger partial charge in [0.1, 0.15) is 90.1 Å². The molecule has 0 bridgehead atoms. The fraction of sp³-hybridized carbons (Fsp3) is 0.925. The Labute approximate surface area is 557 Å². The zero-order valence-electron chi connectivity index (χ0n) is 57.7. The highest BCUT2D eigenvalue weighted by Gasteiger charge is 2.81. The molecule has 6 aliphatic heterocycles. The standard InChI is InChI=1S/C67H110O28/c1-16-30(2)60(74)90-45-28-44-63(9)19-18-38(23-37(63)17-20-66(44,76)67(77)22-21-65(75,36(8)69)64(45,67)10)88-46-24-39(78-11)54(31(3)83-46)91-47-25-40(79-12)55(32(4)84-47)92-48-26-41(80-13)57(34(6)85-48)95-62-53(73)59(82-15)58(35(7)87-62)93-49-27-42(81-14)56(33(5)86-49)94-61-52(72)51(71)50(70)43(29-68)89-61/h16-17,31-36,38-59,61-62,68-73,75-77H,18-29H2,1-15H3/b30-16+/t31-,32-,33-,34-,35-,36+,38+,39+,40+,41-,42+,43-,44-,45-,46+,47+,48+,49+,50-,51+,52-,53-,54-,55-,56-,57-,58-,59+,61+,62+,63+,64-,65-,66+,67-/m1/s1. The number of rotatable bonds is 21. The van der Waals surface area contributed by atoms with Crippen molar-refractivity contribution in [2.45, 2.75) is 335 Å². The number of hydrogen-bond acceptors (Lipinski definition) is 28. The van der Waals surface area contributed by atoms with Gasteiger partial charge in [0, 0.05) is 72.7 Å². The SMILES string of the molecule is C/C=C(\C)C(=O)O[C@@H]1C[C@@H]2[C@@]3(C)CC[C@H](O[C@H]4C[C@H](OC)[C@H](O[C@H]5C[C@H](OC)[C@H](O[C@H]6C[C@@H](OC)[C@H](O[C@@H]7O[C@H](C)[C@@H](O[C@H]8C[C@H](OC)[C@H](O[C@@H]9O[C@H](CO)[C@@H](O)[C@H](O)[C@H]9O)[C@@H](C)O8)[C@@H](OC)[C@H]7O)[C@@H](C)O6)[C@@H](C)O5)[C@@H](C)O4)CC3=CC[C@@]2(O)[C@@]2(O)CC[C@@](O)([C@H](C)O)[C@@]12C. The molecule has 0 radical (unpaired) electrons. The number of hydrogen-bond donors (Lipinski definition) is 9. The Hall–Kier alpha value is -2.09. The Morgan fingerprint density at radius 2 is 1.05 bits per heavy atom. The molecule has 10 rings (SSSR count). The van der Waals surface area contributed by atoms with Crippen molar-refractivity contribution in [2.75, 3.05) is 42.2 Å². The number of aliphatic hydroxyl groups excluding tert-OH is 6. The summed E-state index contributed by atoms with van der Waals surface area (Å²) in [5.41, 5.74) is -6.25. The van der Waals surface area contributed by atoms with Gasteiger partial charge in [0.05, 0.1) is 79.2 Å². The second kappa shape index (κ2) is 30.1. The van der Waals surface area contributed by atoms with E-state index in [0.717, 1.165) is 5.57 Å². The summed E-state index contributed by atoms with van der Waals surface area (Å²) in [6.45, 7) is 17.1. The largest absolute Gasteiger partial charge is 0.458 e. The third-order valence-electron chi connectivity index (χ3n) is 23.7. The van der Waals surface area contributed by atoms with Crippen molar-refractivity contribution in [2.24, 2.45) is 16.7 Å². The summed E-state index contributed by atoms with van der Waals surface area (Å²) in [6, 6.07) is 0. The summed E-state index contributed by atoms with van der Waals surface area (Å²) >= 11 is 0. The number of aliphatic hydroxyl groups is 9. The summed E-state index contributed by atoms with van der Waals surface area (Å²) in [5, 5.41) is 102. The van der Waals surface area contributed by atoms with E-state index in [0.29, 0.717) is 37.7 Å². The van der Waals surface area contributed by atoms with E-state index in [2.05, 4.69) is 6.92 Å². The van der Waals surface area contributed by atoms with Crippen LogP contribution in [0, 0.1) is 16.7 Å². The lowest BCUT2D eigenvalue weighted by Crippen LogP contribution is -2.78. The average molecular weight is 1360 g/mol. The normalized spacial score (nSPS) is 51.6. The zero-order valence-corrected chi connectivity index (χ0v) is 57.7. The van der Waals surface area contributed by atoms with Crippen LogP contribution in [-0.4, -0.2) is 289 Å². The molecule has 0 amide bonds. The van der Waals surface area contributed by atoms with Gasteiger partial charge < -0.3 is 131 Å². The maximum Gasteiger partial charge on any atom is 0.333 e. The van der Waals surface area contributed by atoms with Gasteiger partial charge in [-0.15, -0.1) is 0 Å². The van der Waals surface area contributed by atoms with Crippen LogP contribution in [-0.2, 0) is 90.1 Å². The minimum absolute atomic E-state index is 0.00609. The zero-order chi connectivity index (χ0) is 69.2. The molecule has 95 heavy (non-hydrogen) atoms. The fourth-order valence-electron chi connectivity index (χ4n) is 17.8. The first-order valence-corrected chi connectivity index (χ1v) is 34.1. The van der Waals surface area contributed by atoms with Gasteiger partial charge in [-0.05, 0) is 106 Å². The Bertz CT molecular complexity index is 2620. The predicted molar refractivity (Wildman–Crippen MR) is 329 cm³/mol. The maximum absolute atomic E-state index is 13.5. The minimum atomic E-state index is -1.91. The predicted octanol–water partition coefficient (Wildman–Crippen LogP) is 1.61. The first kappa shape index (κ1) is 75.6. The number of ether oxygens (including phenoxy) is 18. The van der Waals surface area contributed by atoms with Gasteiger partial charge in [-0.2, -0.15) is 0 Å². The number of methoxy groups -OCH3 is 5. The molecule has 28 heteroatoms. The molecule has 9 N–H and O–H groups in total. The molecule has 4 aliphatic carbocycles. The van der Waals surface area contributed by atoms with Gasteiger partial charge in [-0.3, -0.25) is 0 Å².